The van der Waals surface area contributed by atoms with Crippen LogP contribution >= 0.6 is 11.3 Å². The van der Waals surface area contributed by atoms with Crippen LogP contribution < -0.4 is 5.32 Å². The third-order valence-electron chi connectivity index (χ3n) is 4.69. The Morgan fingerprint density at radius 3 is 2.53 bits per heavy atom. The lowest BCUT2D eigenvalue weighted by molar-refractivity contribution is 0.103. The van der Waals surface area contributed by atoms with Crippen LogP contribution in [0.5, 0.6) is 0 Å². The average molecular weight is 417 g/mol. The molecule has 8 heteroatoms. The van der Waals surface area contributed by atoms with Gasteiger partial charge in [-0.25, -0.2) is 13.8 Å². The Kier molecular flexibility index (Phi) is 4.40. The van der Waals surface area contributed by atoms with E-state index in [4.69, 9.17) is 0 Å². The van der Waals surface area contributed by atoms with E-state index >= 15 is 0 Å². The van der Waals surface area contributed by atoms with Crippen LogP contribution in [-0.2, 0) is 0 Å². The lowest BCUT2D eigenvalue weighted by Crippen LogP contribution is -2.11. The number of para-hydroxylation sites is 1. The molecule has 3 heterocycles. The molecule has 0 spiro atoms. The SMILES string of the molecule is Cc1nn(-c2ccc(F)cc2)c2sc(C(=O)Nc3ccn(-c4ccccc4)n3)cc12. The van der Waals surface area contributed by atoms with Crippen molar-refractivity contribution in [3.8, 4) is 11.4 Å². The zero-order chi connectivity index (χ0) is 20.7. The molecule has 6 nitrogen and oxygen atoms in total. The maximum atomic E-state index is 13.3. The van der Waals surface area contributed by atoms with Crippen LogP contribution in [0.4, 0.5) is 10.2 Å². The molecule has 0 atom stereocenters. The summed E-state index contributed by atoms with van der Waals surface area (Å²) in [6, 6.07) is 19.4. The third kappa shape index (κ3) is 3.27. The molecule has 0 unspecified atom stereocenters. The molecule has 5 rings (SSSR count). The molecule has 0 fully saturated rings. The number of anilines is 1. The first-order valence-electron chi connectivity index (χ1n) is 9.26. The van der Waals surface area contributed by atoms with Crippen molar-refractivity contribution in [1.82, 2.24) is 19.6 Å². The minimum absolute atomic E-state index is 0.237. The number of hydrogen-bond donors (Lipinski definition) is 1. The van der Waals surface area contributed by atoms with E-state index in [1.807, 2.05) is 43.3 Å². The molecule has 0 radical (unpaired) electrons. The summed E-state index contributed by atoms with van der Waals surface area (Å²) in [5, 5.41) is 12.7. The molecule has 30 heavy (non-hydrogen) atoms. The summed E-state index contributed by atoms with van der Waals surface area (Å²) in [5.74, 6) is -0.0715. The van der Waals surface area contributed by atoms with E-state index in [9.17, 15) is 9.18 Å². The minimum Gasteiger partial charge on any atom is -0.304 e. The van der Waals surface area contributed by atoms with Crippen LogP contribution in [0.1, 0.15) is 15.4 Å². The van der Waals surface area contributed by atoms with Crippen LogP contribution in [0, 0.1) is 12.7 Å². The van der Waals surface area contributed by atoms with E-state index in [1.165, 1.54) is 23.5 Å². The number of aryl methyl sites for hydroxylation is 1. The summed E-state index contributed by atoms with van der Waals surface area (Å²) in [5.41, 5.74) is 2.46. The predicted molar refractivity (Wildman–Crippen MR) is 115 cm³/mol. The van der Waals surface area contributed by atoms with Crippen molar-refractivity contribution >= 4 is 33.3 Å². The first kappa shape index (κ1) is 18.3. The first-order valence-corrected chi connectivity index (χ1v) is 10.1. The molecule has 2 aromatic carbocycles. The molecule has 1 N–H and O–H groups in total. The van der Waals surface area contributed by atoms with Gasteiger partial charge in [0, 0.05) is 17.6 Å². The fourth-order valence-corrected chi connectivity index (χ4v) is 4.29. The van der Waals surface area contributed by atoms with Crippen molar-refractivity contribution in [3.05, 3.63) is 89.3 Å². The number of thiophene rings is 1. The van der Waals surface area contributed by atoms with Gasteiger partial charge in [0.15, 0.2) is 5.82 Å². The molecule has 0 bridgehead atoms. The highest BCUT2D eigenvalue weighted by Gasteiger charge is 2.18. The largest absolute Gasteiger partial charge is 0.304 e. The standard InChI is InChI=1S/C22H16FN5OS/c1-14-18-13-19(30-22(18)28(25-14)17-9-7-15(23)8-10-17)21(29)24-20-11-12-27(26-20)16-5-3-2-4-6-16/h2-13H,1H3,(H,24,26,29). The number of amides is 1. The summed E-state index contributed by atoms with van der Waals surface area (Å²) >= 11 is 1.33. The number of aromatic nitrogens is 4. The Bertz CT molecular complexity index is 1350. The molecular weight excluding hydrogens is 401 g/mol. The van der Waals surface area contributed by atoms with Crippen molar-refractivity contribution in [2.45, 2.75) is 6.92 Å². The van der Waals surface area contributed by atoms with Crippen molar-refractivity contribution in [1.29, 1.82) is 0 Å². The molecular formula is C22H16FN5OS. The molecule has 1 amide bonds. The molecule has 148 valence electrons. The van der Waals surface area contributed by atoms with Gasteiger partial charge in [-0.3, -0.25) is 4.79 Å². The number of rotatable bonds is 4. The third-order valence-corrected chi connectivity index (χ3v) is 5.80. The second-order valence-corrected chi connectivity index (χ2v) is 7.77. The van der Waals surface area contributed by atoms with Gasteiger partial charge in [-0.15, -0.1) is 11.3 Å². The van der Waals surface area contributed by atoms with Gasteiger partial charge in [0.05, 0.1) is 21.9 Å². The summed E-state index contributed by atoms with van der Waals surface area (Å²) in [7, 11) is 0. The number of hydrogen-bond acceptors (Lipinski definition) is 4. The van der Waals surface area contributed by atoms with Crippen LogP contribution in [0.25, 0.3) is 21.6 Å². The van der Waals surface area contributed by atoms with Gasteiger partial charge in [0.2, 0.25) is 0 Å². The lowest BCUT2D eigenvalue weighted by atomic mass is 10.3. The fraction of sp³-hybridized carbons (Fsp3) is 0.0455. The number of carbonyl (C=O) groups excluding carboxylic acids is 1. The molecule has 0 saturated heterocycles. The fourth-order valence-electron chi connectivity index (χ4n) is 3.21. The van der Waals surface area contributed by atoms with Gasteiger partial charge in [0.25, 0.3) is 5.91 Å². The Morgan fingerprint density at radius 2 is 1.77 bits per heavy atom. The molecule has 0 aliphatic carbocycles. The van der Waals surface area contributed by atoms with Crippen LogP contribution in [0.2, 0.25) is 0 Å². The Balaban J connectivity index is 1.43. The Labute approximate surface area is 175 Å². The highest BCUT2D eigenvalue weighted by atomic mass is 32.1. The summed E-state index contributed by atoms with van der Waals surface area (Å²) in [6.45, 7) is 1.89. The van der Waals surface area contributed by atoms with Crippen molar-refractivity contribution in [2.75, 3.05) is 5.32 Å². The van der Waals surface area contributed by atoms with E-state index < -0.39 is 0 Å². The smallest absolute Gasteiger partial charge is 0.267 e. The van der Waals surface area contributed by atoms with Gasteiger partial charge < -0.3 is 5.32 Å². The van der Waals surface area contributed by atoms with Gasteiger partial charge in [-0.1, -0.05) is 18.2 Å². The van der Waals surface area contributed by atoms with E-state index in [1.54, 1.807) is 33.8 Å². The van der Waals surface area contributed by atoms with Crippen LogP contribution in [0.15, 0.2) is 72.9 Å². The maximum Gasteiger partial charge on any atom is 0.267 e. The predicted octanol–water partition coefficient (Wildman–Crippen LogP) is 4.97. The quantitative estimate of drug-likeness (QED) is 0.449. The molecule has 0 aliphatic rings. The normalized spacial score (nSPS) is 11.1. The monoisotopic (exact) mass is 417 g/mol. The molecule has 5 aromatic rings. The van der Waals surface area contributed by atoms with Gasteiger partial charge >= 0.3 is 0 Å². The number of nitrogens with zero attached hydrogens (tertiary/aromatic N) is 4. The van der Waals surface area contributed by atoms with Crippen LogP contribution in [0.3, 0.4) is 0 Å². The van der Waals surface area contributed by atoms with Gasteiger partial charge in [-0.2, -0.15) is 10.2 Å². The van der Waals surface area contributed by atoms with E-state index in [-0.39, 0.29) is 11.7 Å². The number of halogens is 1. The topological polar surface area (TPSA) is 64.7 Å². The van der Waals surface area contributed by atoms with Crippen molar-refractivity contribution in [3.63, 3.8) is 0 Å². The zero-order valence-electron chi connectivity index (χ0n) is 15.9. The average Bonchev–Trinajstić information content (AvgIpc) is 3.46. The number of carbonyl (C=O) groups is 1. The molecule has 0 saturated carbocycles. The Hall–Kier alpha value is -3.78. The number of nitrogens with one attached hydrogen (secondary N) is 1. The second kappa shape index (κ2) is 7.23. The van der Waals surface area contributed by atoms with E-state index in [0.29, 0.717) is 10.7 Å². The zero-order valence-corrected chi connectivity index (χ0v) is 16.7. The first-order chi connectivity index (χ1) is 14.6. The van der Waals surface area contributed by atoms with Crippen molar-refractivity contribution in [2.24, 2.45) is 0 Å². The van der Waals surface area contributed by atoms with E-state index in [0.717, 1.165) is 27.3 Å². The maximum absolute atomic E-state index is 13.3. The molecule has 3 aromatic heterocycles. The van der Waals surface area contributed by atoms with Crippen LogP contribution in [-0.4, -0.2) is 25.5 Å². The Morgan fingerprint density at radius 1 is 1.00 bits per heavy atom. The van der Waals surface area contributed by atoms with E-state index in [2.05, 4.69) is 15.5 Å². The highest BCUT2D eigenvalue weighted by Crippen LogP contribution is 2.31. The number of benzene rings is 2. The summed E-state index contributed by atoms with van der Waals surface area (Å²) < 4.78 is 16.7. The summed E-state index contributed by atoms with van der Waals surface area (Å²) in [4.78, 5) is 14.2. The molecule has 0 aliphatic heterocycles. The second-order valence-electron chi connectivity index (χ2n) is 6.74. The van der Waals surface area contributed by atoms with Gasteiger partial charge in [-0.05, 0) is 49.4 Å². The lowest BCUT2D eigenvalue weighted by Gasteiger charge is -2.02. The highest BCUT2D eigenvalue weighted by molar-refractivity contribution is 7.20. The minimum atomic E-state index is -0.306. The summed E-state index contributed by atoms with van der Waals surface area (Å²) in [6.07, 6.45) is 1.80. The van der Waals surface area contributed by atoms with Gasteiger partial charge in [0.1, 0.15) is 10.6 Å². The number of fused-ring (bicyclic) bond motifs is 1. The van der Waals surface area contributed by atoms with Crippen molar-refractivity contribution < 1.29 is 9.18 Å².